The van der Waals surface area contributed by atoms with E-state index in [0.717, 1.165) is 0 Å². The number of esters is 1. The lowest BCUT2D eigenvalue weighted by Gasteiger charge is -2.15. The number of fused-ring (bicyclic) bond motifs is 1. The lowest BCUT2D eigenvalue weighted by atomic mass is 10.4. The Morgan fingerprint density at radius 1 is 1.56 bits per heavy atom. The summed E-state index contributed by atoms with van der Waals surface area (Å²) in [6.45, 7) is 0. The van der Waals surface area contributed by atoms with Crippen LogP contribution in [0.3, 0.4) is 0 Å². The molecule has 0 atom stereocenters. The van der Waals surface area contributed by atoms with Crippen LogP contribution < -0.4 is 5.32 Å². The average Bonchev–Trinajstić information content (AvgIpc) is 2.28. The van der Waals surface area contributed by atoms with E-state index in [-0.39, 0.29) is 11.6 Å². The molecule has 1 N–H and O–H groups in total. The molecule has 0 saturated carbocycles. The number of halogens is 1. The third-order valence-electron chi connectivity index (χ3n) is 1.80. The van der Waals surface area contributed by atoms with Crippen molar-refractivity contribution in [3.05, 3.63) is 10.3 Å². The van der Waals surface area contributed by atoms with Gasteiger partial charge in [-0.2, -0.15) is 0 Å². The van der Waals surface area contributed by atoms with Gasteiger partial charge in [0.05, 0.1) is 12.9 Å². The van der Waals surface area contributed by atoms with Crippen LogP contribution in [0, 0.1) is 0 Å². The monoisotopic (exact) mass is 303 g/mol. The van der Waals surface area contributed by atoms with Gasteiger partial charge in [0.2, 0.25) is 5.91 Å². The van der Waals surface area contributed by atoms with E-state index >= 15 is 0 Å². The van der Waals surface area contributed by atoms with Crippen LogP contribution >= 0.6 is 27.7 Å². The second kappa shape index (κ2) is 4.38. The van der Waals surface area contributed by atoms with Crippen LogP contribution in [0.25, 0.3) is 0 Å². The Balaban J connectivity index is 2.46. The molecule has 1 amide bonds. The number of thioether (sulfide) groups is 1. The first-order chi connectivity index (χ1) is 7.61. The zero-order chi connectivity index (χ0) is 11.7. The van der Waals surface area contributed by atoms with Crippen LogP contribution in [0.5, 0.6) is 0 Å². The Morgan fingerprint density at radius 3 is 3.00 bits per heavy atom. The van der Waals surface area contributed by atoms with Gasteiger partial charge in [-0.3, -0.25) is 4.79 Å². The SMILES string of the molecule is COC(=O)c1nc2c(nc1Br)SCC(=O)N2. The number of aromatic nitrogens is 2. The van der Waals surface area contributed by atoms with Gasteiger partial charge in [0, 0.05) is 0 Å². The lowest BCUT2D eigenvalue weighted by molar-refractivity contribution is -0.113. The van der Waals surface area contributed by atoms with Crippen molar-refractivity contribution in [2.45, 2.75) is 5.03 Å². The van der Waals surface area contributed by atoms with Crippen molar-refractivity contribution in [3.8, 4) is 0 Å². The Kier molecular flexibility index (Phi) is 3.10. The highest BCUT2D eigenvalue weighted by Gasteiger charge is 2.23. The van der Waals surface area contributed by atoms with Crippen molar-refractivity contribution in [1.82, 2.24) is 9.97 Å². The van der Waals surface area contributed by atoms with Crippen molar-refractivity contribution < 1.29 is 14.3 Å². The molecule has 0 spiro atoms. The molecule has 2 heterocycles. The molecule has 84 valence electrons. The van der Waals surface area contributed by atoms with Gasteiger partial charge in [-0.05, 0) is 15.9 Å². The van der Waals surface area contributed by atoms with Crippen LogP contribution in [0.1, 0.15) is 10.5 Å². The van der Waals surface area contributed by atoms with Gasteiger partial charge in [0.25, 0.3) is 0 Å². The van der Waals surface area contributed by atoms with Gasteiger partial charge in [0.15, 0.2) is 11.5 Å². The number of ether oxygens (including phenoxy) is 1. The summed E-state index contributed by atoms with van der Waals surface area (Å²) in [5.74, 6) is -0.173. The van der Waals surface area contributed by atoms with Gasteiger partial charge in [-0.1, -0.05) is 11.8 Å². The Morgan fingerprint density at radius 2 is 2.31 bits per heavy atom. The number of amides is 1. The van der Waals surface area contributed by atoms with E-state index in [1.807, 2.05) is 0 Å². The maximum Gasteiger partial charge on any atom is 0.359 e. The minimum absolute atomic E-state index is 0.0454. The summed E-state index contributed by atoms with van der Waals surface area (Å²) in [6.07, 6.45) is 0. The van der Waals surface area contributed by atoms with E-state index < -0.39 is 5.97 Å². The predicted octanol–water partition coefficient (Wildman–Crippen LogP) is 1.07. The van der Waals surface area contributed by atoms with Gasteiger partial charge in [-0.25, -0.2) is 14.8 Å². The largest absolute Gasteiger partial charge is 0.464 e. The van der Waals surface area contributed by atoms with E-state index in [1.165, 1.54) is 18.9 Å². The second-order valence-electron chi connectivity index (χ2n) is 2.85. The fourth-order valence-corrected chi connectivity index (χ4v) is 2.39. The molecule has 2 rings (SSSR count). The van der Waals surface area contributed by atoms with Crippen molar-refractivity contribution in [2.24, 2.45) is 0 Å². The van der Waals surface area contributed by atoms with Crippen LogP contribution in [0.4, 0.5) is 5.82 Å². The zero-order valence-corrected chi connectivity index (χ0v) is 10.5. The van der Waals surface area contributed by atoms with Crippen LogP contribution in [-0.2, 0) is 9.53 Å². The van der Waals surface area contributed by atoms with Crippen LogP contribution in [0.2, 0.25) is 0 Å². The van der Waals surface area contributed by atoms with Gasteiger partial charge >= 0.3 is 5.97 Å². The summed E-state index contributed by atoms with van der Waals surface area (Å²) in [5, 5.41) is 3.13. The smallest absolute Gasteiger partial charge is 0.359 e. The molecular formula is C8H6BrN3O3S. The number of hydrogen-bond acceptors (Lipinski definition) is 6. The maximum atomic E-state index is 11.3. The molecule has 0 aliphatic carbocycles. The van der Waals surface area contributed by atoms with Crippen LogP contribution in [-0.4, -0.2) is 34.7 Å². The van der Waals surface area contributed by atoms with E-state index in [2.05, 4.69) is 36.0 Å². The molecule has 1 aliphatic rings. The maximum absolute atomic E-state index is 11.3. The highest BCUT2D eigenvalue weighted by atomic mass is 79.9. The number of rotatable bonds is 1. The van der Waals surface area contributed by atoms with E-state index in [1.54, 1.807) is 0 Å². The fourth-order valence-electron chi connectivity index (χ4n) is 1.11. The van der Waals surface area contributed by atoms with E-state index in [9.17, 15) is 9.59 Å². The van der Waals surface area contributed by atoms with Crippen molar-refractivity contribution in [1.29, 1.82) is 0 Å². The minimum atomic E-state index is -0.605. The number of anilines is 1. The molecule has 6 nitrogen and oxygen atoms in total. The van der Waals surface area contributed by atoms with E-state index in [0.29, 0.717) is 21.2 Å². The normalized spacial score (nSPS) is 14.0. The molecule has 0 radical (unpaired) electrons. The van der Waals surface area contributed by atoms with Crippen LogP contribution in [0.15, 0.2) is 9.63 Å². The fraction of sp³-hybridized carbons (Fsp3) is 0.250. The average molecular weight is 304 g/mol. The molecule has 0 fully saturated rings. The highest BCUT2D eigenvalue weighted by molar-refractivity contribution is 9.10. The van der Waals surface area contributed by atoms with Gasteiger partial charge in [-0.15, -0.1) is 0 Å². The van der Waals surface area contributed by atoms with Crippen molar-refractivity contribution in [3.63, 3.8) is 0 Å². The molecule has 1 aliphatic heterocycles. The molecule has 0 unspecified atom stereocenters. The van der Waals surface area contributed by atoms with Crippen molar-refractivity contribution >= 4 is 45.4 Å². The zero-order valence-electron chi connectivity index (χ0n) is 8.11. The molecular weight excluding hydrogens is 298 g/mol. The third-order valence-corrected chi connectivity index (χ3v) is 3.32. The molecule has 8 heteroatoms. The number of nitrogens with one attached hydrogen (secondary N) is 1. The summed E-state index contributed by atoms with van der Waals surface area (Å²) in [7, 11) is 1.25. The molecule has 1 aromatic rings. The standard InChI is InChI=1S/C8H6BrN3O3S/c1-15-8(14)4-5(9)12-7-6(11-4)10-3(13)2-16-7/h2H2,1H3,(H,10,11,13). The highest BCUT2D eigenvalue weighted by Crippen LogP contribution is 2.30. The first-order valence-corrected chi connectivity index (χ1v) is 5.98. The molecule has 0 aromatic carbocycles. The summed E-state index contributed by atoms with van der Waals surface area (Å²) in [5.41, 5.74) is 0.0454. The van der Waals surface area contributed by atoms with Gasteiger partial charge < -0.3 is 10.1 Å². The lowest BCUT2D eigenvalue weighted by Crippen LogP contribution is -2.22. The molecule has 1 aromatic heterocycles. The number of methoxy groups -OCH3 is 1. The number of hydrogen-bond donors (Lipinski definition) is 1. The first-order valence-electron chi connectivity index (χ1n) is 4.20. The Bertz CT molecular complexity index is 480. The topological polar surface area (TPSA) is 81.2 Å². The number of carbonyl (C=O) groups is 2. The van der Waals surface area contributed by atoms with Gasteiger partial charge in [0.1, 0.15) is 9.63 Å². The Hall–Kier alpha value is -1.15. The first kappa shape index (κ1) is 11.3. The Labute approximate surface area is 103 Å². The van der Waals surface area contributed by atoms with E-state index in [4.69, 9.17) is 0 Å². The van der Waals surface area contributed by atoms with Crippen molar-refractivity contribution in [2.75, 3.05) is 18.2 Å². The minimum Gasteiger partial charge on any atom is -0.464 e. The predicted molar refractivity (Wildman–Crippen MR) is 60.4 cm³/mol. The summed E-state index contributed by atoms with van der Waals surface area (Å²) >= 11 is 4.40. The quantitative estimate of drug-likeness (QED) is 0.782. The summed E-state index contributed by atoms with van der Waals surface area (Å²) < 4.78 is 4.85. The second-order valence-corrected chi connectivity index (χ2v) is 4.56. The third kappa shape index (κ3) is 2.03. The molecule has 0 bridgehead atoms. The molecule has 0 saturated heterocycles. The summed E-state index contributed by atoms with van der Waals surface area (Å²) in [4.78, 5) is 30.6. The number of carbonyl (C=O) groups excluding carboxylic acids is 2. The number of nitrogens with zero attached hydrogens (tertiary/aromatic N) is 2. The molecule has 16 heavy (non-hydrogen) atoms. The summed E-state index contributed by atoms with van der Waals surface area (Å²) in [6, 6.07) is 0.